The summed E-state index contributed by atoms with van der Waals surface area (Å²) < 4.78 is 66.1. The highest BCUT2D eigenvalue weighted by atomic mass is 35.5. The SMILES string of the molecule is Cn1cc(-n2cc(-c3cccc(Cl)c3)c(C(F)(F)F)n2)cc1S(C)(=O)=O. The Labute approximate surface area is 152 Å². The smallest absolute Gasteiger partial charge is 0.340 e. The van der Waals surface area contributed by atoms with E-state index < -0.39 is 21.7 Å². The number of hydrogen-bond donors (Lipinski definition) is 0. The van der Waals surface area contributed by atoms with Gasteiger partial charge >= 0.3 is 6.18 Å². The monoisotopic (exact) mass is 403 g/mol. The molecule has 0 spiro atoms. The van der Waals surface area contributed by atoms with E-state index >= 15 is 0 Å². The van der Waals surface area contributed by atoms with Gasteiger partial charge in [-0.3, -0.25) is 0 Å². The lowest BCUT2D eigenvalue weighted by Gasteiger charge is -2.06. The van der Waals surface area contributed by atoms with Gasteiger partial charge in [0.2, 0.25) is 0 Å². The molecule has 2 aromatic heterocycles. The molecule has 0 radical (unpaired) electrons. The molecule has 0 unspecified atom stereocenters. The first-order valence-corrected chi connectivity index (χ1v) is 9.53. The van der Waals surface area contributed by atoms with Crippen molar-refractivity contribution < 1.29 is 21.6 Å². The molecule has 138 valence electrons. The van der Waals surface area contributed by atoms with E-state index in [-0.39, 0.29) is 21.8 Å². The highest BCUT2D eigenvalue weighted by molar-refractivity contribution is 7.90. The van der Waals surface area contributed by atoms with Crippen molar-refractivity contribution in [2.45, 2.75) is 11.2 Å². The maximum absolute atomic E-state index is 13.4. The Kier molecular flexibility index (Phi) is 4.40. The molecule has 0 saturated heterocycles. The van der Waals surface area contributed by atoms with Crippen LogP contribution in [0, 0.1) is 0 Å². The summed E-state index contributed by atoms with van der Waals surface area (Å²) in [5, 5.41) is 3.90. The van der Waals surface area contributed by atoms with E-state index in [2.05, 4.69) is 5.10 Å². The molecule has 0 atom stereocenters. The quantitative estimate of drug-likeness (QED) is 0.665. The molecule has 0 N–H and O–H groups in total. The lowest BCUT2D eigenvalue weighted by molar-refractivity contribution is -0.140. The summed E-state index contributed by atoms with van der Waals surface area (Å²) in [6.45, 7) is 0. The van der Waals surface area contributed by atoms with E-state index in [0.717, 1.165) is 10.9 Å². The predicted molar refractivity (Wildman–Crippen MR) is 91.1 cm³/mol. The van der Waals surface area contributed by atoms with Crippen molar-refractivity contribution in [1.29, 1.82) is 0 Å². The van der Waals surface area contributed by atoms with E-state index in [9.17, 15) is 21.6 Å². The number of benzene rings is 1. The number of halogens is 4. The van der Waals surface area contributed by atoms with Gasteiger partial charge in [0.15, 0.2) is 15.5 Å². The average Bonchev–Trinajstić information content (AvgIpc) is 3.09. The number of alkyl halides is 3. The summed E-state index contributed by atoms with van der Waals surface area (Å²) in [5.41, 5.74) is -0.767. The molecular weight excluding hydrogens is 391 g/mol. The normalized spacial score (nSPS) is 12.5. The molecule has 2 heterocycles. The summed E-state index contributed by atoms with van der Waals surface area (Å²) in [5.74, 6) is 0. The second-order valence-electron chi connectivity index (χ2n) is 5.76. The Morgan fingerprint density at radius 3 is 2.38 bits per heavy atom. The van der Waals surface area contributed by atoms with E-state index in [1.807, 2.05) is 0 Å². The van der Waals surface area contributed by atoms with Crippen molar-refractivity contribution in [3.8, 4) is 16.8 Å². The molecule has 3 rings (SSSR count). The molecule has 3 aromatic rings. The maximum Gasteiger partial charge on any atom is 0.435 e. The third-order valence-corrected chi connectivity index (χ3v) is 5.11. The molecule has 0 bridgehead atoms. The Hall–Kier alpha value is -2.26. The van der Waals surface area contributed by atoms with Crippen molar-refractivity contribution in [3.63, 3.8) is 0 Å². The Morgan fingerprint density at radius 1 is 1.15 bits per heavy atom. The maximum atomic E-state index is 13.4. The minimum atomic E-state index is -4.68. The molecule has 0 saturated carbocycles. The fourth-order valence-corrected chi connectivity index (χ4v) is 3.71. The second kappa shape index (κ2) is 6.17. The van der Waals surface area contributed by atoms with E-state index in [1.165, 1.54) is 42.2 Å². The van der Waals surface area contributed by atoms with Crippen LogP contribution in [0.15, 0.2) is 47.8 Å². The largest absolute Gasteiger partial charge is 0.435 e. The van der Waals surface area contributed by atoms with E-state index in [1.54, 1.807) is 12.1 Å². The molecule has 1 aromatic carbocycles. The Morgan fingerprint density at radius 2 is 1.85 bits per heavy atom. The zero-order valence-electron chi connectivity index (χ0n) is 13.6. The molecule has 5 nitrogen and oxygen atoms in total. The highest BCUT2D eigenvalue weighted by Gasteiger charge is 2.38. The number of sulfone groups is 1. The van der Waals surface area contributed by atoms with Gasteiger partial charge in [0.1, 0.15) is 5.03 Å². The second-order valence-corrected chi connectivity index (χ2v) is 8.16. The van der Waals surface area contributed by atoms with Crippen molar-refractivity contribution in [2.75, 3.05) is 6.26 Å². The number of rotatable bonds is 3. The first kappa shape index (κ1) is 18.5. The van der Waals surface area contributed by atoms with Crippen LogP contribution >= 0.6 is 11.6 Å². The minimum Gasteiger partial charge on any atom is -0.340 e. The third-order valence-electron chi connectivity index (χ3n) is 3.71. The predicted octanol–water partition coefficient (Wildman–Crippen LogP) is 3.95. The van der Waals surface area contributed by atoms with Gasteiger partial charge in [-0.2, -0.15) is 18.3 Å². The standard InChI is InChI=1S/C16H13ClF3N3O2S/c1-22-8-12(7-14(22)26(2,24)25)23-9-13(15(21-23)16(18,19)20)10-4-3-5-11(17)6-10/h3-9H,1-2H3. The fourth-order valence-electron chi connectivity index (χ4n) is 2.60. The van der Waals surface area contributed by atoms with Gasteiger partial charge in [-0.25, -0.2) is 13.1 Å². The van der Waals surface area contributed by atoms with Crippen LogP contribution in [0.5, 0.6) is 0 Å². The number of aromatic nitrogens is 3. The van der Waals surface area contributed by atoms with Crippen LogP contribution in [0.3, 0.4) is 0 Å². The summed E-state index contributed by atoms with van der Waals surface area (Å²) in [4.78, 5) is 0. The van der Waals surface area contributed by atoms with Crippen molar-refractivity contribution in [2.24, 2.45) is 7.05 Å². The van der Waals surface area contributed by atoms with Crippen LogP contribution < -0.4 is 0 Å². The van der Waals surface area contributed by atoms with Gasteiger partial charge in [-0.15, -0.1) is 0 Å². The van der Waals surface area contributed by atoms with Crippen LogP contribution in [0.25, 0.3) is 16.8 Å². The first-order chi connectivity index (χ1) is 12.0. The van der Waals surface area contributed by atoms with Gasteiger partial charge in [-0.05, 0) is 17.7 Å². The zero-order chi connectivity index (χ0) is 19.3. The molecule has 26 heavy (non-hydrogen) atoms. The van der Waals surface area contributed by atoms with Crippen LogP contribution in [-0.2, 0) is 23.1 Å². The van der Waals surface area contributed by atoms with Gasteiger partial charge < -0.3 is 4.57 Å². The van der Waals surface area contributed by atoms with Gasteiger partial charge in [0.25, 0.3) is 0 Å². The average molecular weight is 404 g/mol. The Balaban J connectivity index is 2.20. The van der Waals surface area contributed by atoms with E-state index in [0.29, 0.717) is 5.02 Å². The first-order valence-electron chi connectivity index (χ1n) is 7.26. The van der Waals surface area contributed by atoms with E-state index in [4.69, 9.17) is 11.6 Å². The van der Waals surface area contributed by atoms with Crippen LogP contribution in [-0.4, -0.2) is 29.0 Å². The summed E-state index contributed by atoms with van der Waals surface area (Å²) in [6.07, 6.45) is -1.06. The summed E-state index contributed by atoms with van der Waals surface area (Å²) in [6, 6.07) is 7.27. The van der Waals surface area contributed by atoms with Crippen molar-refractivity contribution in [1.82, 2.24) is 14.3 Å². The van der Waals surface area contributed by atoms with Gasteiger partial charge in [0, 0.05) is 42.3 Å². The molecule has 10 heteroatoms. The lowest BCUT2D eigenvalue weighted by Crippen LogP contribution is -2.08. The number of nitrogens with zero attached hydrogens (tertiary/aromatic N) is 3. The molecule has 0 fully saturated rings. The third kappa shape index (κ3) is 3.49. The zero-order valence-corrected chi connectivity index (χ0v) is 15.2. The van der Waals surface area contributed by atoms with Gasteiger partial charge in [-0.1, -0.05) is 23.7 Å². The number of hydrogen-bond acceptors (Lipinski definition) is 3. The summed E-state index contributed by atoms with van der Waals surface area (Å²) >= 11 is 5.88. The molecule has 0 aliphatic heterocycles. The fraction of sp³-hybridized carbons (Fsp3) is 0.188. The number of aryl methyl sites for hydroxylation is 1. The topological polar surface area (TPSA) is 56.9 Å². The molecular formula is C16H13ClF3N3O2S. The van der Waals surface area contributed by atoms with Crippen LogP contribution in [0.2, 0.25) is 5.02 Å². The molecule has 0 aliphatic rings. The van der Waals surface area contributed by atoms with Crippen molar-refractivity contribution in [3.05, 3.63) is 53.4 Å². The van der Waals surface area contributed by atoms with Crippen LogP contribution in [0.4, 0.5) is 13.2 Å². The minimum absolute atomic E-state index is 0.0270. The van der Waals surface area contributed by atoms with Crippen molar-refractivity contribution >= 4 is 21.4 Å². The lowest BCUT2D eigenvalue weighted by atomic mass is 10.1. The highest BCUT2D eigenvalue weighted by Crippen LogP contribution is 2.37. The molecule has 0 amide bonds. The summed E-state index contributed by atoms with van der Waals surface area (Å²) in [7, 11) is -2.04. The Bertz CT molecular complexity index is 1080. The molecule has 0 aliphatic carbocycles. The van der Waals surface area contributed by atoms with Crippen LogP contribution in [0.1, 0.15) is 5.69 Å². The van der Waals surface area contributed by atoms with Gasteiger partial charge in [0.05, 0.1) is 5.69 Å².